The molecule has 0 aromatic carbocycles. The minimum absolute atomic E-state index is 0.0788. The molecule has 0 saturated carbocycles. The van der Waals surface area contributed by atoms with Crippen LogP contribution in [-0.4, -0.2) is 15.0 Å². The fourth-order valence-electron chi connectivity index (χ4n) is 1.37. The zero-order valence-electron chi connectivity index (χ0n) is 8.57. The van der Waals surface area contributed by atoms with E-state index in [1.807, 2.05) is 12.3 Å². The van der Waals surface area contributed by atoms with Crippen molar-refractivity contribution in [1.82, 2.24) is 15.0 Å². The Labute approximate surface area is 91.0 Å². The molecule has 0 radical (unpaired) electrons. The van der Waals surface area contributed by atoms with Gasteiger partial charge in [0.25, 0.3) is 5.56 Å². The van der Waals surface area contributed by atoms with Gasteiger partial charge in [-0.3, -0.25) is 4.79 Å². The first-order chi connectivity index (χ1) is 7.22. The predicted octanol–water partition coefficient (Wildman–Crippen LogP) is 1.76. The Kier molecular flexibility index (Phi) is 2.64. The number of nitrogens with one attached hydrogen (secondary N) is 1. The molecule has 0 aliphatic rings. The summed E-state index contributed by atoms with van der Waals surface area (Å²) in [4.78, 5) is 22.8. The molecule has 0 spiro atoms. The highest BCUT2D eigenvalue weighted by molar-refractivity contribution is 7.07. The predicted molar refractivity (Wildman–Crippen MR) is 60.1 cm³/mol. The van der Waals surface area contributed by atoms with Crippen LogP contribution in [-0.2, 0) is 6.42 Å². The molecule has 5 heteroatoms. The van der Waals surface area contributed by atoms with Crippen LogP contribution in [0.1, 0.15) is 18.2 Å². The van der Waals surface area contributed by atoms with Crippen molar-refractivity contribution in [3.63, 3.8) is 0 Å². The van der Waals surface area contributed by atoms with Crippen LogP contribution in [0.3, 0.4) is 0 Å². The SMILES string of the molecule is CCc1nc(-c2cscn2)[nH]c(=O)c1C. The number of H-pyrrole nitrogens is 1. The van der Waals surface area contributed by atoms with Gasteiger partial charge in [0.15, 0.2) is 5.82 Å². The van der Waals surface area contributed by atoms with Crippen molar-refractivity contribution >= 4 is 11.3 Å². The summed E-state index contributed by atoms with van der Waals surface area (Å²) in [5, 5.41) is 1.87. The van der Waals surface area contributed by atoms with Crippen LogP contribution in [0.25, 0.3) is 11.5 Å². The summed E-state index contributed by atoms with van der Waals surface area (Å²) in [6.07, 6.45) is 0.757. The molecule has 0 bridgehead atoms. The highest BCUT2D eigenvalue weighted by Gasteiger charge is 2.08. The van der Waals surface area contributed by atoms with E-state index in [1.165, 1.54) is 11.3 Å². The Morgan fingerprint density at radius 3 is 2.93 bits per heavy atom. The molecule has 0 fully saturated rings. The van der Waals surface area contributed by atoms with Crippen LogP contribution in [0, 0.1) is 6.92 Å². The van der Waals surface area contributed by atoms with E-state index in [-0.39, 0.29) is 5.56 Å². The van der Waals surface area contributed by atoms with E-state index in [1.54, 1.807) is 12.4 Å². The number of thiazole rings is 1. The lowest BCUT2D eigenvalue weighted by Gasteiger charge is -2.03. The number of aryl methyl sites for hydroxylation is 1. The Hall–Kier alpha value is -1.49. The molecule has 1 N–H and O–H groups in total. The molecular weight excluding hydrogens is 210 g/mol. The van der Waals surface area contributed by atoms with Crippen molar-refractivity contribution in [3.05, 3.63) is 32.5 Å². The Morgan fingerprint density at radius 2 is 2.33 bits per heavy atom. The number of aromatic amines is 1. The van der Waals surface area contributed by atoms with Crippen LogP contribution >= 0.6 is 11.3 Å². The van der Waals surface area contributed by atoms with E-state index in [9.17, 15) is 4.79 Å². The molecule has 4 nitrogen and oxygen atoms in total. The van der Waals surface area contributed by atoms with Crippen LogP contribution in [0.2, 0.25) is 0 Å². The Balaban J connectivity index is 2.61. The molecule has 0 aliphatic heterocycles. The smallest absolute Gasteiger partial charge is 0.254 e. The first-order valence-corrected chi connectivity index (χ1v) is 5.65. The molecule has 78 valence electrons. The van der Waals surface area contributed by atoms with Gasteiger partial charge < -0.3 is 4.98 Å². The van der Waals surface area contributed by atoms with Crippen molar-refractivity contribution in [3.8, 4) is 11.5 Å². The molecule has 2 rings (SSSR count). The van der Waals surface area contributed by atoms with Crippen LogP contribution in [0.15, 0.2) is 15.7 Å². The summed E-state index contributed by atoms with van der Waals surface area (Å²) in [7, 11) is 0. The molecule has 0 saturated heterocycles. The van der Waals surface area contributed by atoms with Crippen molar-refractivity contribution < 1.29 is 0 Å². The topological polar surface area (TPSA) is 58.6 Å². The van der Waals surface area contributed by atoms with E-state index in [0.29, 0.717) is 11.4 Å². The van der Waals surface area contributed by atoms with Crippen molar-refractivity contribution in [2.75, 3.05) is 0 Å². The third kappa shape index (κ3) is 1.83. The van der Waals surface area contributed by atoms with Crippen molar-refractivity contribution in [2.45, 2.75) is 20.3 Å². The van der Waals surface area contributed by atoms with Gasteiger partial charge in [-0.15, -0.1) is 11.3 Å². The molecule has 0 aliphatic carbocycles. The first kappa shape index (κ1) is 10.0. The maximum Gasteiger partial charge on any atom is 0.254 e. The second kappa shape index (κ2) is 3.94. The number of hydrogen-bond acceptors (Lipinski definition) is 4. The molecule has 15 heavy (non-hydrogen) atoms. The lowest BCUT2D eigenvalue weighted by molar-refractivity contribution is 0.951. The van der Waals surface area contributed by atoms with Gasteiger partial charge in [-0.25, -0.2) is 9.97 Å². The van der Waals surface area contributed by atoms with Gasteiger partial charge in [-0.05, 0) is 13.3 Å². The van der Waals surface area contributed by atoms with Gasteiger partial charge in [-0.2, -0.15) is 0 Å². The molecule has 0 atom stereocenters. The molecule has 2 aromatic rings. The number of aromatic nitrogens is 3. The minimum atomic E-state index is -0.0788. The highest BCUT2D eigenvalue weighted by Crippen LogP contribution is 2.14. The third-order valence-corrected chi connectivity index (χ3v) is 2.85. The Bertz CT molecular complexity index is 516. The summed E-state index contributed by atoms with van der Waals surface area (Å²) >= 11 is 1.48. The zero-order chi connectivity index (χ0) is 10.8. The largest absolute Gasteiger partial charge is 0.305 e. The average Bonchev–Trinajstić information content (AvgIpc) is 2.75. The fraction of sp³-hybridized carbons (Fsp3) is 0.300. The number of hydrogen-bond donors (Lipinski definition) is 1. The van der Waals surface area contributed by atoms with Crippen molar-refractivity contribution in [2.24, 2.45) is 0 Å². The van der Waals surface area contributed by atoms with Gasteiger partial charge in [0.1, 0.15) is 5.69 Å². The molecule has 0 unspecified atom stereocenters. The second-order valence-electron chi connectivity index (χ2n) is 3.21. The van der Waals surface area contributed by atoms with Gasteiger partial charge >= 0.3 is 0 Å². The summed E-state index contributed by atoms with van der Waals surface area (Å²) < 4.78 is 0. The first-order valence-electron chi connectivity index (χ1n) is 4.70. The maximum atomic E-state index is 11.6. The van der Waals surface area contributed by atoms with Crippen LogP contribution < -0.4 is 5.56 Å². The summed E-state index contributed by atoms with van der Waals surface area (Å²) in [6.45, 7) is 3.77. The van der Waals surface area contributed by atoms with Gasteiger partial charge in [0.2, 0.25) is 0 Å². The Morgan fingerprint density at radius 1 is 1.53 bits per heavy atom. The van der Waals surface area contributed by atoms with Crippen LogP contribution in [0.4, 0.5) is 0 Å². The van der Waals surface area contributed by atoms with E-state index in [0.717, 1.165) is 17.8 Å². The summed E-state index contributed by atoms with van der Waals surface area (Å²) in [5.74, 6) is 0.559. The quantitative estimate of drug-likeness (QED) is 0.840. The third-order valence-electron chi connectivity index (χ3n) is 2.26. The van der Waals surface area contributed by atoms with Gasteiger partial charge in [0.05, 0.1) is 11.2 Å². The van der Waals surface area contributed by atoms with Crippen LogP contribution in [0.5, 0.6) is 0 Å². The van der Waals surface area contributed by atoms with E-state index >= 15 is 0 Å². The lowest BCUT2D eigenvalue weighted by Crippen LogP contribution is -2.15. The standard InChI is InChI=1S/C10H11N3OS/c1-3-7-6(2)10(14)13-9(12-7)8-4-15-5-11-8/h4-5H,3H2,1-2H3,(H,12,13,14). The molecule has 0 amide bonds. The van der Waals surface area contributed by atoms with Gasteiger partial charge in [-0.1, -0.05) is 6.92 Å². The molecule has 2 heterocycles. The average molecular weight is 221 g/mol. The maximum absolute atomic E-state index is 11.6. The van der Waals surface area contributed by atoms with Crippen molar-refractivity contribution in [1.29, 1.82) is 0 Å². The van der Waals surface area contributed by atoms with Gasteiger partial charge in [0, 0.05) is 10.9 Å². The molecular formula is C10H11N3OS. The monoisotopic (exact) mass is 221 g/mol. The lowest BCUT2D eigenvalue weighted by atomic mass is 10.2. The summed E-state index contributed by atoms with van der Waals surface area (Å²) in [6, 6.07) is 0. The number of nitrogens with zero attached hydrogens (tertiary/aromatic N) is 2. The fourth-order valence-corrected chi connectivity index (χ4v) is 1.91. The second-order valence-corrected chi connectivity index (χ2v) is 3.93. The molecule has 2 aromatic heterocycles. The normalized spacial score (nSPS) is 10.5. The zero-order valence-corrected chi connectivity index (χ0v) is 9.39. The number of rotatable bonds is 2. The summed E-state index contributed by atoms with van der Waals surface area (Å²) in [5.41, 5.74) is 3.90. The minimum Gasteiger partial charge on any atom is -0.305 e. The highest BCUT2D eigenvalue weighted by atomic mass is 32.1. The van der Waals surface area contributed by atoms with E-state index < -0.39 is 0 Å². The van der Waals surface area contributed by atoms with E-state index in [2.05, 4.69) is 15.0 Å². The van der Waals surface area contributed by atoms with E-state index in [4.69, 9.17) is 0 Å².